The van der Waals surface area contributed by atoms with Crippen molar-refractivity contribution < 1.29 is 18.0 Å². The summed E-state index contributed by atoms with van der Waals surface area (Å²) in [6.07, 6.45) is -3.19. The second-order valence-electron chi connectivity index (χ2n) is 3.59. The van der Waals surface area contributed by atoms with E-state index in [9.17, 15) is 18.0 Å². The fourth-order valence-electron chi connectivity index (χ4n) is 1.45. The molecule has 0 unspecified atom stereocenters. The van der Waals surface area contributed by atoms with Gasteiger partial charge in [0.25, 0.3) is 5.91 Å². The highest BCUT2D eigenvalue weighted by molar-refractivity contribution is 9.10. The van der Waals surface area contributed by atoms with E-state index in [-0.39, 0.29) is 11.4 Å². The number of hydrogen-bond acceptors (Lipinski definition) is 2. The normalized spacial score (nSPS) is 11.4. The third kappa shape index (κ3) is 2.95. The lowest BCUT2D eigenvalue weighted by molar-refractivity contribution is -0.136. The molecule has 0 radical (unpaired) electrons. The molecule has 1 aromatic carbocycles. The van der Waals surface area contributed by atoms with Crippen LogP contribution >= 0.6 is 15.9 Å². The van der Waals surface area contributed by atoms with Gasteiger partial charge in [0.05, 0.1) is 21.9 Å². The summed E-state index contributed by atoms with van der Waals surface area (Å²) in [6, 6.07) is 4.75. The molecule has 1 amide bonds. The van der Waals surface area contributed by atoms with Crippen molar-refractivity contribution in [2.24, 2.45) is 0 Å². The Morgan fingerprint density at radius 1 is 1.32 bits per heavy atom. The number of aromatic amines is 1. The Bertz CT molecular complexity index is 609. The predicted octanol–water partition coefficient (Wildman–Crippen LogP) is 3.44. The summed E-state index contributed by atoms with van der Waals surface area (Å²) < 4.78 is 38.6. The van der Waals surface area contributed by atoms with Gasteiger partial charge in [-0.1, -0.05) is 12.1 Å². The van der Waals surface area contributed by atoms with Crippen LogP contribution in [0.4, 0.5) is 18.9 Å². The molecule has 1 aromatic heterocycles. The quantitative estimate of drug-likeness (QED) is 0.884. The molecule has 2 aromatic rings. The van der Waals surface area contributed by atoms with Crippen LogP contribution in [0, 0.1) is 0 Å². The third-order valence-corrected chi connectivity index (χ3v) is 2.90. The first-order valence-corrected chi connectivity index (χ1v) is 5.85. The number of alkyl halides is 3. The topological polar surface area (TPSA) is 57.8 Å². The number of carbonyl (C=O) groups excluding carboxylic acids is 1. The van der Waals surface area contributed by atoms with Gasteiger partial charge in [-0.25, -0.2) is 0 Å². The number of rotatable bonds is 2. The van der Waals surface area contributed by atoms with Crippen LogP contribution in [0.25, 0.3) is 0 Å². The molecule has 1 heterocycles. The fraction of sp³-hybridized carbons (Fsp3) is 0.0909. The molecule has 0 saturated heterocycles. The predicted molar refractivity (Wildman–Crippen MR) is 65.7 cm³/mol. The van der Waals surface area contributed by atoms with Gasteiger partial charge in [-0.05, 0) is 28.1 Å². The van der Waals surface area contributed by atoms with Crippen molar-refractivity contribution in [2.45, 2.75) is 6.18 Å². The Morgan fingerprint density at radius 3 is 2.58 bits per heavy atom. The van der Waals surface area contributed by atoms with Crippen LogP contribution in [0.15, 0.2) is 34.9 Å². The number of H-pyrrole nitrogens is 1. The van der Waals surface area contributed by atoms with Crippen LogP contribution in [-0.4, -0.2) is 16.1 Å². The number of hydrogen-bond donors (Lipinski definition) is 2. The van der Waals surface area contributed by atoms with Crippen LogP contribution in [0.1, 0.15) is 16.1 Å². The summed E-state index contributed by atoms with van der Waals surface area (Å²) in [4.78, 5) is 11.8. The number of anilines is 1. The summed E-state index contributed by atoms with van der Waals surface area (Å²) in [5, 5.41) is 8.19. The Morgan fingerprint density at radius 2 is 2.00 bits per heavy atom. The molecule has 0 aliphatic rings. The lowest BCUT2D eigenvalue weighted by atomic mass is 10.1. The number of nitrogens with one attached hydrogen (secondary N) is 2. The van der Waals surface area contributed by atoms with E-state index in [0.717, 1.165) is 6.07 Å². The molecule has 0 aliphatic carbocycles. The standard InChI is InChI=1S/C11H7BrF3N3O/c12-7-5-16-18-9(7)10(19)17-8-4-2-1-3-6(8)11(13,14)15/h1-5H,(H,16,18)(H,17,19). The van der Waals surface area contributed by atoms with Crippen LogP contribution in [0.3, 0.4) is 0 Å². The summed E-state index contributed by atoms with van der Waals surface area (Å²) in [6.45, 7) is 0. The smallest absolute Gasteiger partial charge is 0.320 e. The van der Waals surface area contributed by atoms with Crippen molar-refractivity contribution >= 4 is 27.5 Å². The minimum Gasteiger partial charge on any atom is -0.320 e. The van der Waals surface area contributed by atoms with E-state index in [4.69, 9.17) is 0 Å². The number of nitrogens with zero attached hydrogens (tertiary/aromatic N) is 1. The average Bonchev–Trinajstić information content (AvgIpc) is 2.75. The SMILES string of the molecule is O=C(Nc1ccccc1C(F)(F)F)c1[nH]ncc1Br. The molecule has 0 saturated carbocycles. The van der Waals surface area contributed by atoms with Crippen molar-refractivity contribution in [1.82, 2.24) is 10.2 Å². The summed E-state index contributed by atoms with van der Waals surface area (Å²) in [5.41, 5.74) is -1.16. The first-order chi connectivity index (χ1) is 8.89. The van der Waals surface area contributed by atoms with Crippen molar-refractivity contribution in [3.8, 4) is 0 Å². The van der Waals surface area contributed by atoms with Crippen molar-refractivity contribution in [1.29, 1.82) is 0 Å². The largest absolute Gasteiger partial charge is 0.418 e. The number of amides is 1. The van der Waals surface area contributed by atoms with Gasteiger partial charge in [-0.15, -0.1) is 0 Å². The lowest BCUT2D eigenvalue weighted by Crippen LogP contribution is -2.17. The molecule has 0 fully saturated rings. The molecule has 8 heteroatoms. The van der Waals surface area contributed by atoms with E-state index < -0.39 is 17.6 Å². The van der Waals surface area contributed by atoms with Gasteiger partial charge in [0.15, 0.2) is 0 Å². The highest BCUT2D eigenvalue weighted by atomic mass is 79.9. The van der Waals surface area contributed by atoms with Crippen LogP contribution in [-0.2, 0) is 6.18 Å². The van der Waals surface area contributed by atoms with Gasteiger partial charge >= 0.3 is 6.18 Å². The molecule has 0 aliphatic heterocycles. The van der Waals surface area contributed by atoms with Gasteiger partial charge in [-0.2, -0.15) is 18.3 Å². The van der Waals surface area contributed by atoms with E-state index >= 15 is 0 Å². The number of carbonyl (C=O) groups is 1. The Hall–Kier alpha value is -1.83. The zero-order chi connectivity index (χ0) is 14.0. The molecule has 0 bridgehead atoms. The minimum absolute atomic E-state index is 0.0528. The van der Waals surface area contributed by atoms with Crippen LogP contribution in [0.2, 0.25) is 0 Å². The molecular weight excluding hydrogens is 327 g/mol. The van der Waals surface area contributed by atoms with E-state index in [2.05, 4.69) is 31.4 Å². The second kappa shape index (κ2) is 5.04. The third-order valence-electron chi connectivity index (χ3n) is 2.30. The molecule has 4 nitrogen and oxygen atoms in total. The highest BCUT2D eigenvalue weighted by Gasteiger charge is 2.33. The van der Waals surface area contributed by atoms with Gasteiger partial charge in [0, 0.05) is 0 Å². The summed E-state index contributed by atoms with van der Waals surface area (Å²) >= 11 is 3.06. The zero-order valence-corrected chi connectivity index (χ0v) is 10.8. The van der Waals surface area contributed by atoms with Crippen LogP contribution in [0.5, 0.6) is 0 Å². The van der Waals surface area contributed by atoms with Gasteiger partial charge in [0.2, 0.25) is 0 Å². The van der Waals surface area contributed by atoms with Gasteiger partial charge in [0.1, 0.15) is 5.69 Å². The Kier molecular flexibility index (Phi) is 3.61. The van der Waals surface area contributed by atoms with Gasteiger partial charge < -0.3 is 5.32 Å². The number of benzene rings is 1. The number of halogens is 4. The highest BCUT2D eigenvalue weighted by Crippen LogP contribution is 2.34. The number of aromatic nitrogens is 2. The Labute approximate surface area is 114 Å². The van der Waals surface area contributed by atoms with E-state index in [1.807, 2.05) is 0 Å². The lowest BCUT2D eigenvalue weighted by Gasteiger charge is -2.13. The molecule has 2 N–H and O–H groups in total. The maximum atomic E-state index is 12.7. The molecule has 19 heavy (non-hydrogen) atoms. The summed E-state index contributed by atoms with van der Waals surface area (Å²) in [5.74, 6) is -0.707. The van der Waals surface area contributed by atoms with Crippen molar-refractivity contribution in [3.63, 3.8) is 0 Å². The summed E-state index contributed by atoms with van der Waals surface area (Å²) in [7, 11) is 0. The molecule has 0 atom stereocenters. The average molecular weight is 334 g/mol. The maximum Gasteiger partial charge on any atom is 0.418 e. The minimum atomic E-state index is -4.53. The monoisotopic (exact) mass is 333 g/mol. The van der Waals surface area contributed by atoms with Crippen molar-refractivity contribution in [2.75, 3.05) is 5.32 Å². The van der Waals surface area contributed by atoms with E-state index in [1.165, 1.54) is 24.4 Å². The fourth-order valence-corrected chi connectivity index (χ4v) is 1.83. The molecule has 0 spiro atoms. The number of para-hydroxylation sites is 1. The second-order valence-corrected chi connectivity index (χ2v) is 4.44. The van der Waals surface area contributed by atoms with E-state index in [0.29, 0.717) is 4.47 Å². The molecular formula is C11H7BrF3N3O. The Balaban J connectivity index is 2.30. The van der Waals surface area contributed by atoms with Gasteiger partial charge in [-0.3, -0.25) is 9.89 Å². The van der Waals surface area contributed by atoms with Crippen LogP contribution < -0.4 is 5.32 Å². The van der Waals surface area contributed by atoms with Crippen molar-refractivity contribution in [3.05, 3.63) is 46.2 Å². The molecule has 100 valence electrons. The zero-order valence-electron chi connectivity index (χ0n) is 9.25. The van der Waals surface area contributed by atoms with E-state index in [1.54, 1.807) is 0 Å². The molecule has 2 rings (SSSR count). The maximum absolute atomic E-state index is 12.7. The first kappa shape index (κ1) is 13.6. The first-order valence-electron chi connectivity index (χ1n) is 5.06.